The zero-order chi connectivity index (χ0) is 14.7. The molecule has 0 amide bonds. The summed E-state index contributed by atoms with van der Waals surface area (Å²) in [6.45, 7) is -0.00863. The number of nitrogens with one attached hydrogen (secondary N) is 1. The van der Waals surface area contributed by atoms with Gasteiger partial charge in [-0.1, -0.05) is 23.7 Å². The van der Waals surface area contributed by atoms with Crippen molar-refractivity contribution in [1.82, 2.24) is 0 Å². The molecule has 0 aliphatic heterocycles. The van der Waals surface area contributed by atoms with Crippen LogP contribution in [0.4, 0.5) is 18.9 Å². The predicted octanol–water partition coefficient (Wildman–Crippen LogP) is 4.38. The van der Waals surface area contributed by atoms with Gasteiger partial charge in [0.1, 0.15) is 5.82 Å². The lowest BCUT2D eigenvalue weighted by Crippen LogP contribution is -2.05. The van der Waals surface area contributed by atoms with E-state index in [1.54, 1.807) is 6.07 Å². The molecule has 2 nitrogen and oxygen atoms in total. The maximum absolute atomic E-state index is 13.9. The van der Waals surface area contributed by atoms with E-state index in [4.69, 9.17) is 16.3 Å². The first-order valence-corrected chi connectivity index (χ1v) is 6.10. The maximum Gasteiger partial charge on any atom is 0.170 e. The first-order valence-electron chi connectivity index (χ1n) is 5.72. The molecule has 0 atom stereocenters. The number of benzene rings is 2. The van der Waals surface area contributed by atoms with Crippen molar-refractivity contribution in [2.45, 2.75) is 6.54 Å². The third kappa shape index (κ3) is 2.99. The molecule has 6 heteroatoms. The number of anilines is 1. The summed E-state index contributed by atoms with van der Waals surface area (Å²) in [5.74, 6) is -2.06. The summed E-state index contributed by atoms with van der Waals surface area (Å²) in [5, 5.41) is 2.54. The highest BCUT2D eigenvalue weighted by Crippen LogP contribution is 2.28. The third-order valence-corrected chi connectivity index (χ3v) is 3.02. The SMILES string of the molecule is COc1cccc(CNc2c(F)cc(F)cc2Cl)c1F. The lowest BCUT2D eigenvalue weighted by atomic mass is 10.2. The summed E-state index contributed by atoms with van der Waals surface area (Å²) < 4.78 is 45.2. The van der Waals surface area contributed by atoms with Crippen LogP contribution >= 0.6 is 11.6 Å². The quantitative estimate of drug-likeness (QED) is 0.905. The Balaban J connectivity index is 2.21. The molecule has 0 aliphatic carbocycles. The number of hydrogen-bond acceptors (Lipinski definition) is 2. The average Bonchev–Trinajstić information content (AvgIpc) is 2.39. The summed E-state index contributed by atoms with van der Waals surface area (Å²) in [4.78, 5) is 0. The Kier molecular flexibility index (Phi) is 4.39. The fraction of sp³-hybridized carbons (Fsp3) is 0.143. The second kappa shape index (κ2) is 6.05. The molecular weight excluding hydrogens is 291 g/mol. The molecule has 1 N–H and O–H groups in total. The summed E-state index contributed by atoms with van der Waals surface area (Å²) in [7, 11) is 1.35. The monoisotopic (exact) mass is 301 g/mol. The number of halogens is 4. The van der Waals surface area contributed by atoms with Gasteiger partial charge in [0.25, 0.3) is 0 Å². The summed E-state index contributed by atoms with van der Waals surface area (Å²) in [6.07, 6.45) is 0. The minimum absolute atomic E-state index is 0.00863. The van der Waals surface area contributed by atoms with E-state index < -0.39 is 17.5 Å². The maximum atomic E-state index is 13.9. The highest BCUT2D eigenvalue weighted by molar-refractivity contribution is 6.33. The zero-order valence-electron chi connectivity index (χ0n) is 10.5. The molecule has 0 saturated heterocycles. The molecule has 106 valence electrons. The average molecular weight is 302 g/mol. The first-order chi connectivity index (χ1) is 9.52. The number of ether oxygens (including phenoxy) is 1. The molecule has 2 aromatic carbocycles. The van der Waals surface area contributed by atoms with Crippen molar-refractivity contribution in [3.05, 3.63) is 58.4 Å². The van der Waals surface area contributed by atoms with Crippen LogP contribution in [-0.2, 0) is 6.54 Å². The van der Waals surface area contributed by atoms with Crippen LogP contribution in [0.5, 0.6) is 5.75 Å². The van der Waals surface area contributed by atoms with Crippen molar-refractivity contribution in [1.29, 1.82) is 0 Å². The number of methoxy groups -OCH3 is 1. The van der Waals surface area contributed by atoms with Crippen molar-refractivity contribution in [2.24, 2.45) is 0 Å². The van der Waals surface area contributed by atoms with Crippen molar-refractivity contribution >= 4 is 17.3 Å². The minimum atomic E-state index is -0.835. The van der Waals surface area contributed by atoms with E-state index in [0.717, 1.165) is 6.07 Å². The van der Waals surface area contributed by atoms with Crippen LogP contribution in [0, 0.1) is 17.5 Å². The van der Waals surface area contributed by atoms with Crippen LogP contribution in [0.25, 0.3) is 0 Å². The molecule has 0 saturated carbocycles. The van der Waals surface area contributed by atoms with Gasteiger partial charge >= 0.3 is 0 Å². The molecular formula is C14H11ClF3NO. The second-order valence-corrected chi connectivity index (χ2v) is 4.44. The van der Waals surface area contributed by atoms with Gasteiger partial charge < -0.3 is 10.1 Å². The van der Waals surface area contributed by atoms with Gasteiger partial charge in [0.15, 0.2) is 17.4 Å². The van der Waals surface area contributed by atoms with E-state index in [2.05, 4.69) is 5.32 Å². The van der Waals surface area contributed by atoms with E-state index >= 15 is 0 Å². The number of rotatable bonds is 4. The van der Waals surface area contributed by atoms with Crippen LogP contribution in [0.15, 0.2) is 30.3 Å². The Morgan fingerprint density at radius 2 is 1.95 bits per heavy atom. The molecule has 0 aromatic heterocycles. The van der Waals surface area contributed by atoms with E-state index in [9.17, 15) is 13.2 Å². The molecule has 0 fully saturated rings. The van der Waals surface area contributed by atoms with Gasteiger partial charge in [-0.05, 0) is 12.1 Å². The molecule has 0 unspecified atom stereocenters. The molecule has 0 aliphatic rings. The molecule has 0 heterocycles. The first kappa shape index (κ1) is 14.5. The van der Waals surface area contributed by atoms with Gasteiger partial charge in [0.05, 0.1) is 17.8 Å². The molecule has 0 spiro atoms. The zero-order valence-corrected chi connectivity index (χ0v) is 11.3. The third-order valence-electron chi connectivity index (χ3n) is 2.73. The Morgan fingerprint density at radius 1 is 1.20 bits per heavy atom. The van der Waals surface area contributed by atoms with Crippen LogP contribution in [0.3, 0.4) is 0 Å². The van der Waals surface area contributed by atoms with Crippen molar-refractivity contribution in [3.8, 4) is 5.75 Å². The van der Waals surface area contributed by atoms with Crippen molar-refractivity contribution in [2.75, 3.05) is 12.4 Å². The van der Waals surface area contributed by atoms with Crippen molar-refractivity contribution in [3.63, 3.8) is 0 Å². The second-order valence-electron chi connectivity index (χ2n) is 4.03. The molecule has 0 radical (unpaired) electrons. The highest BCUT2D eigenvalue weighted by atomic mass is 35.5. The lowest BCUT2D eigenvalue weighted by Gasteiger charge is -2.11. The minimum Gasteiger partial charge on any atom is -0.494 e. The topological polar surface area (TPSA) is 21.3 Å². The summed E-state index contributed by atoms with van der Waals surface area (Å²) in [6, 6.07) is 6.30. The molecule has 0 bridgehead atoms. The standard InChI is InChI=1S/C14H11ClF3NO/c1-20-12-4-2-3-8(13(12)18)7-19-14-10(15)5-9(16)6-11(14)17/h2-6,19H,7H2,1H3. The van der Waals surface area contributed by atoms with Gasteiger partial charge in [0, 0.05) is 18.2 Å². The highest BCUT2D eigenvalue weighted by Gasteiger charge is 2.12. The smallest absolute Gasteiger partial charge is 0.170 e. The van der Waals surface area contributed by atoms with Crippen molar-refractivity contribution < 1.29 is 17.9 Å². The summed E-state index contributed by atoms with van der Waals surface area (Å²) in [5.41, 5.74) is 0.208. The Bertz CT molecular complexity index is 611. The fourth-order valence-corrected chi connectivity index (χ4v) is 2.01. The predicted molar refractivity (Wildman–Crippen MR) is 71.6 cm³/mol. The van der Waals surface area contributed by atoms with E-state index in [0.29, 0.717) is 6.07 Å². The van der Waals surface area contributed by atoms with Gasteiger partial charge in [-0.2, -0.15) is 0 Å². The van der Waals surface area contributed by atoms with Gasteiger partial charge in [0.2, 0.25) is 0 Å². The van der Waals surface area contributed by atoms with E-state index in [1.165, 1.54) is 19.2 Å². The van der Waals surface area contributed by atoms with Crippen LogP contribution in [0.1, 0.15) is 5.56 Å². The summed E-state index contributed by atoms with van der Waals surface area (Å²) >= 11 is 5.74. The van der Waals surface area contributed by atoms with E-state index in [1.807, 2.05) is 0 Å². The Labute approximate surface area is 119 Å². The molecule has 2 aromatic rings. The van der Waals surface area contributed by atoms with Crippen LogP contribution in [-0.4, -0.2) is 7.11 Å². The lowest BCUT2D eigenvalue weighted by molar-refractivity contribution is 0.384. The molecule has 20 heavy (non-hydrogen) atoms. The number of hydrogen-bond donors (Lipinski definition) is 1. The van der Waals surface area contributed by atoms with Gasteiger partial charge in [-0.15, -0.1) is 0 Å². The van der Waals surface area contributed by atoms with Gasteiger partial charge in [-0.25, -0.2) is 13.2 Å². The van der Waals surface area contributed by atoms with Crippen LogP contribution < -0.4 is 10.1 Å². The Hall–Kier alpha value is -1.88. The fourth-order valence-electron chi connectivity index (χ4n) is 1.75. The largest absolute Gasteiger partial charge is 0.494 e. The van der Waals surface area contributed by atoms with Gasteiger partial charge in [-0.3, -0.25) is 0 Å². The Morgan fingerprint density at radius 3 is 2.60 bits per heavy atom. The molecule has 2 rings (SSSR count). The normalized spacial score (nSPS) is 10.4. The van der Waals surface area contributed by atoms with E-state index in [-0.39, 0.29) is 28.6 Å². The van der Waals surface area contributed by atoms with Crippen LogP contribution in [0.2, 0.25) is 5.02 Å².